The van der Waals surface area contributed by atoms with Crippen LogP contribution in [0.1, 0.15) is 32.3 Å². The van der Waals surface area contributed by atoms with Gasteiger partial charge in [0.15, 0.2) is 0 Å². The fourth-order valence-electron chi connectivity index (χ4n) is 2.07. The molecule has 0 spiro atoms. The molecule has 0 bridgehead atoms. The van der Waals surface area contributed by atoms with Crippen molar-refractivity contribution in [2.24, 2.45) is 0 Å². The summed E-state index contributed by atoms with van der Waals surface area (Å²) in [6.45, 7) is 1.55. The Morgan fingerprint density at radius 1 is 1.10 bits per heavy atom. The van der Waals surface area contributed by atoms with Crippen molar-refractivity contribution in [3.63, 3.8) is 0 Å². The Balaban J connectivity index is 2.34. The van der Waals surface area contributed by atoms with Gasteiger partial charge in [-0.05, 0) is 50.8 Å². The maximum absolute atomic E-state index is 12.0. The predicted octanol–water partition coefficient (Wildman–Crippen LogP) is 2.97. The molecule has 0 radical (unpaired) electrons. The second-order valence-electron chi connectivity index (χ2n) is 5.04. The third kappa shape index (κ3) is 6.82. The number of halogens is 2. The summed E-state index contributed by atoms with van der Waals surface area (Å²) < 4.78 is 28.3. The highest BCUT2D eigenvalue weighted by Crippen LogP contribution is 2.16. The van der Waals surface area contributed by atoms with Crippen LogP contribution in [0.25, 0.3) is 0 Å². The molecule has 2 N–H and O–H groups in total. The first-order valence-electron chi connectivity index (χ1n) is 6.92. The molecule has 20 heavy (non-hydrogen) atoms. The molecule has 1 aromatic carbocycles. The molecule has 0 saturated heterocycles. The third-order valence-electron chi connectivity index (χ3n) is 3.15. The number of aliphatic hydroxyl groups excluding tert-OH is 1. The summed E-state index contributed by atoms with van der Waals surface area (Å²) in [5.41, 5.74) is 1.09. The number of aryl methyl sites for hydroxylation is 1. The molecule has 0 aliphatic carbocycles. The van der Waals surface area contributed by atoms with E-state index in [2.05, 4.69) is 17.0 Å². The Morgan fingerprint density at radius 3 is 2.25 bits per heavy atom. The minimum absolute atomic E-state index is 0.187. The molecule has 0 fully saturated rings. The summed E-state index contributed by atoms with van der Waals surface area (Å²) in [6, 6.07) is 7.37. The summed E-state index contributed by atoms with van der Waals surface area (Å²) >= 11 is 0. The fourth-order valence-corrected chi connectivity index (χ4v) is 2.07. The zero-order valence-electron chi connectivity index (χ0n) is 12.0. The van der Waals surface area contributed by atoms with Gasteiger partial charge in [0, 0.05) is 18.7 Å². The van der Waals surface area contributed by atoms with E-state index >= 15 is 0 Å². The van der Waals surface area contributed by atoms with E-state index in [0.29, 0.717) is 6.04 Å². The summed E-state index contributed by atoms with van der Waals surface area (Å²) in [5, 5.41) is 12.2. The van der Waals surface area contributed by atoms with E-state index in [-0.39, 0.29) is 18.4 Å². The van der Waals surface area contributed by atoms with Gasteiger partial charge in [0.05, 0.1) is 0 Å². The summed E-state index contributed by atoms with van der Waals surface area (Å²) in [5.74, 6) is 0.187. The number of hydrogen-bond acceptors (Lipinski definition) is 3. The van der Waals surface area contributed by atoms with Crippen LogP contribution in [0, 0.1) is 0 Å². The van der Waals surface area contributed by atoms with E-state index in [1.807, 2.05) is 19.1 Å². The number of aliphatic hydroxyl groups is 1. The molecule has 0 aromatic heterocycles. The first kappa shape index (κ1) is 16.9. The van der Waals surface area contributed by atoms with Crippen molar-refractivity contribution in [2.75, 3.05) is 6.61 Å². The Hall–Kier alpha value is -1.20. The zero-order valence-corrected chi connectivity index (χ0v) is 12.0. The van der Waals surface area contributed by atoms with E-state index in [9.17, 15) is 8.78 Å². The van der Waals surface area contributed by atoms with E-state index in [4.69, 9.17) is 5.11 Å². The zero-order chi connectivity index (χ0) is 15.0. The Bertz CT molecular complexity index is 371. The molecule has 1 aromatic rings. The largest absolute Gasteiger partial charge is 0.435 e. The molecule has 0 heterocycles. The van der Waals surface area contributed by atoms with Crippen LogP contribution in [0.5, 0.6) is 5.75 Å². The minimum atomic E-state index is -2.78. The SMILES string of the molecule is CC(CCO)NC(C)CCc1ccc(OC(F)F)cc1. The lowest BCUT2D eigenvalue weighted by molar-refractivity contribution is -0.0498. The number of hydrogen-bond donors (Lipinski definition) is 2. The van der Waals surface area contributed by atoms with Crippen molar-refractivity contribution in [2.45, 2.75) is 51.8 Å². The van der Waals surface area contributed by atoms with E-state index < -0.39 is 6.61 Å². The second-order valence-corrected chi connectivity index (χ2v) is 5.04. The van der Waals surface area contributed by atoms with Crippen molar-refractivity contribution in [3.8, 4) is 5.75 Å². The quantitative estimate of drug-likeness (QED) is 0.733. The standard InChI is InChI=1S/C15H23F2NO2/c1-11(18-12(2)9-10-19)3-4-13-5-7-14(8-6-13)20-15(16)17/h5-8,11-12,15,18-19H,3-4,9-10H2,1-2H3. The monoisotopic (exact) mass is 287 g/mol. The Kier molecular flexibility index (Phi) is 7.47. The third-order valence-corrected chi connectivity index (χ3v) is 3.15. The van der Waals surface area contributed by atoms with Gasteiger partial charge < -0.3 is 15.2 Å². The van der Waals surface area contributed by atoms with Crippen LogP contribution in [-0.2, 0) is 6.42 Å². The molecule has 5 heteroatoms. The molecule has 0 aliphatic heterocycles. The van der Waals surface area contributed by atoms with Gasteiger partial charge in [-0.3, -0.25) is 0 Å². The molecule has 0 saturated carbocycles. The second kappa shape index (κ2) is 8.87. The lowest BCUT2D eigenvalue weighted by Gasteiger charge is -2.19. The molecule has 2 atom stereocenters. The molecule has 2 unspecified atom stereocenters. The smallest absolute Gasteiger partial charge is 0.387 e. The van der Waals surface area contributed by atoms with Crippen molar-refractivity contribution in [1.82, 2.24) is 5.32 Å². The lowest BCUT2D eigenvalue weighted by atomic mass is 10.1. The normalized spacial score (nSPS) is 14.3. The number of ether oxygens (including phenoxy) is 1. The number of nitrogens with one attached hydrogen (secondary N) is 1. The van der Waals surface area contributed by atoms with Gasteiger partial charge in [0.1, 0.15) is 5.75 Å². The molecule has 3 nitrogen and oxygen atoms in total. The van der Waals surface area contributed by atoms with Gasteiger partial charge in [-0.2, -0.15) is 8.78 Å². The van der Waals surface area contributed by atoms with Gasteiger partial charge in [-0.1, -0.05) is 12.1 Å². The van der Waals surface area contributed by atoms with Crippen molar-refractivity contribution in [3.05, 3.63) is 29.8 Å². The van der Waals surface area contributed by atoms with Crippen molar-refractivity contribution in [1.29, 1.82) is 0 Å². The van der Waals surface area contributed by atoms with Crippen LogP contribution in [0.3, 0.4) is 0 Å². The van der Waals surface area contributed by atoms with Gasteiger partial charge in [0.2, 0.25) is 0 Å². The molecule has 0 aliphatic rings. The first-order chi connectivity index (χ1) is 9.51. The van der Waals surface area contributed by atoms with Gasteiger partial charge in [-0.25, -0.2) is 0 Å². The van der Waals surface area contributed by atoms with Crippen molar-refractivity contribution < 1.29 is 18.6 Å². The molecular weight excluding hydrogens is 264 g/mol. The topological polar surface area (TPSA) is 41.5 Å². The van der Waals surface area contributed by atoms with Crippen LogP contribution in [0.15, 0.2) is 24.3 Å². The fraction of sp³-hybridized carbons (Fsp3) is 0.600. The Morgan fingerprint density at radius 2 is 1.70 bits per heavy atom. The average molecular weight is 287 g/mol. The van der Waals surface area contributed by atoms with E-state index in [1.54, 1.807) is 12.1 Å². The van der Waals surface area contributed by atoms with Crippen LogP contribution >= 0.6 is 0 Å². The summed E-state index contributed by atoms with van der Waals surface area (Å²) in [6.07, 6.45) is 2.56. The highest BCUT2D eigenvalue weighted by Gasteiger charge is 2.08. The van der Waals surface area contributed by atoms with Crippen LogP contribution in [0.2, 0.25) is 0 Å². The number of benzene rings is 1. The Labute approximate surface area is 119 Å². The number of alkyl halides is 2. The van der Waals surface area contributed by atoms with Gasteiger partial charge in [-0.15, -0.1) is 0 Å². The van der Waals surface area contributed by atoms with Gasteiger partial charge in [0.25, 0.3) is 0 Å². The van der Waals surface area contributed by atoms with Gasteiger partial charge >= 0.3 is 6.61 Å². The maximum Gasteiger partial charge on any atom is 0.387 e. The first-order valence-corrected chi connectivity index (χ1v) is 6.92. The van der Waals surface area contributed by atoms with E-state index in [1.165, 1.54) is 0 Å². The molecule has 1 rings (SSSR count). The highest BCUT2D eigenvalue weighted by atomic mass is 19.3. The summed E-state index contributed by atoms with van der Waals surface area (Å²) in [4.78, 5) is 0. The highest BCUT2D eigenvalue weighted by molar-refractivity contribution is 5.27. The minimum Gasteiger partial charge on any atom is -0.435 e. The predicted molar refractivity (Wildman–Crippen MR) is 75.2 cm³/mol. The summed E-state index contributed by atoms with van der Waals surface area (Å²) in [7, 11) is 0. The lowest BCUT2D eigenvalue weighted by Crippen LogP contribution is -2.35. The maximum atomic E-state index is 12.0. The van der Waals surface area contributed by atoms with Crippen LogP contribution < -0.4 is 10.1 Å². The molecule has 114 valence electrons. The average Bonchev–Trinajstić information content (AvgIpc) is 2.37. The molecular formula is C15H23F2NO2. The van der Waals surface area contributed by atoms with E-state index in [0.717, 1.165) is 24.8 Å². The number of rotatable bonds is 9. The van der Waals surface area contributed by atoms with Crippen LogP contribution in [0.4, 0.5) is 8.78 Å². The van der Waals surface area contributed by atoms with Crippen molar-refractivity contribution >= 4 is 0 Å². The molecule has 0 amide bonds. The van der Waals surface area contributed by atoms with Crippen LogP contribution in [-0.4, -0.2) is 30.4 Å².